The number of halogens is 1. The van der Waals surface area contributed by atoms with Crippen LogP contribution in [0.15, 0.2) is 72.9 Å². The third-order valence-electron chi connectivity index (χ3n) is 7.25. The van der Waals surface area contributed by atoms with Crippen molar-refractivity contribution in [2.24, 2.45) is 0 Å². The molecule has 4 rings (SSSR count). The Bertz CT molecular complexity index is 1280. The van der Waals surface area contributed by atoms with E-state index in [-0.39, 0.29) is 43.1 Å². The van der Waals surface area contributed by atoms with Gasteiger partial charge in [0.2, 0.25) is 17.7 Å². The zero-order valence-electron chi connectivity index (χ0n) is 22.9. The molecule has 1 fully saturated rings. The van der Waals surface area contributed by atoms with Gasteiger partial charge in [-0.3, -0.25) is 14.4 Å². The SMILES string of the molecule is Cc1ccc([C@H](C(=O)NC2CCCCC2)N(Cc2ccccc2Cl)C(=O)CCCC(=O)Nc2ccccn2)cc1. The second kappa shape index (κ2) is 14.6. The van der Waals surface area contributed by atoms with Crippen LogP contribution in [0.1, 0.15) is 74.1 Å². The van der Waals surface area contributed by atoms with Crippen molar-refractivity contribution in [3.63, 3.8) is 0 Å². The Labute approximate surface area is 241 Å². The molecule has 1 aromatic heterocycles. The number of amides is 3. The molecule has 2 N–H and O–H groups in total. The van der Waals surface area contributed by atoms with Crippen molar-refractivity contribution < 1.29 is 14.4 Å². The van der Waals surface area contributed by atoms with Crippen LogP contribution in [0, 0.1) is 6.92 Å². The smallest absolute Gasteiger partial charge is 0.247 e. The van der Waals surface area contributed by atoms with Crippen molar-refractivity contribution in [1.82, 2.24) is 15.2 Å². The summed E-state index contributed by atoms with van der Waals surface area (Å²) >= 11 is 6.51. The molecule has 0 bridgehead atoms. The maximum atomic E-state index is 13.9. The third kappa shape index (κ3) is 8.39. The molecule has 1 atom stereocenters. The highest BCUT2D eigenvalue weighted by molar-refractivity contribution is 6.31. The van der Waals surface area contributed by atoms with Crippen LogP contribution in [0.4, 0.5) is 5.82 Å². The Morgan fingerprint density at radius 2 is 1.68 bits per heavy atom. The fourth-order valence-electron chi connectivity index (χ4n) is 5.07. The highest BCUT2D eigenvalue weighted by Gasteiger charge is 2.33. The first kappa shape index (κ1) is 29.3. The molecule has 1 aliphatic rings. The minimum atomic E-state index is -0.825. The summed E-state index contributed by atoms with van der Waals surface area (Å²) in [7, 11) is 0. The number of hydrogen-bond donors (Lipinski definition) is 2. The highest BCUT2D eigenvalue weighted by Crippen LogP contribution is 2.29. The maximum absolute atomic E-state index is 13.9. The second-order valence-electron chi connectivity index (χ2n) is 10.4. The number of hydrogen-bond acceptors (Lipinski definition) is 4. The van der Waals surface area contributed by atoms with E-state index in [0.717, 1.165) is 42.4 Å². The number of carbonyl (C=O) groups excluding carboxylic acids is 3. The molecule has 2 aromatic carbocycles. The summed E-state index contributed by atoms with van der Waals surface area (Å²) in [6, 6.07) is 19.6. The van der Waals surface area contributed by atoms with Gasteiger partial charge >= 0.3 is 0 Å². The molecule has 0 aliphatic heterocycles. The van der Waals surface area contributed by atoms with E-state index in [1.165, 1.54) is 6.42 Å². The lowest BCUT2D eigenvalue weighted by molar-refractivity contribution is -0.142. The average molecular weight is 561 g/mol. The summed E-state index contributed by atoms with van der Waals surface area (Å²) < 4.78 is 0. The molecule has 1 aliphatic carbocycles. The summed E-state index contributed by atoms with van der Waals surface area (Å²) in [5.74, 6) is -0.147. The summed E-state index contributed by atoms with van der Waals surface area (Å²) in [5, 5.41) is 6.52. The van der Waals surface area contributed by atoms with Gasteiger partial charge in [-0.1, -0.05) is 85.0 Å². The van der Waals surface area contributed by atoms with Crippen LogP contribution in [0.3, 0.4) is 0 Å². The Hall–Kier alpha value is -3.71. The predicted octanol–water partition coefficient (Wildman–Crippen LogP) is 6.37. The zero-order valence-corrected chi connectivity index (χ0v) is 23.7. The molecule has 0 saturated heterocycles. The molecule has 3 aromatic rings. The fraction of sp³-hybridized carbons (Fsp3) is 0.375. The summed E-state index contributed by atoms with van der Waals surface area (Å²) in [4.78, 5) is 45.9. The van der Waals surface area contributed by atoms with Gasteiger partial charge in [-0.2, -0.15) is 0 Å². The van der Waals surface area contributed by atoms with E-state index in [1.807, 2.05) is 49.4 Å². The minimum absolute atomic E-state index is 0.0988. The molecule has 1 heterocycles. The van der Waals surface area contributed by atoms with Crippen LogP contribution in [0.2, 0.25) is 5.02 Å². The standard InChI is InChI=1S/C32H37ClN4O3/c1-23-17-19-24(20-18-23)31(32(40)35-26-11-3-2-4-12-26)37(22-25-10-5-6-13-27(25)33)30(39)16-9-15-29(38)36-28-14-7-8-21-34-28/h5-8,10,13-14,17-21,26,31H,2-4,9,11-12,15-16,22H2,1H3,(H,35,40)(H,34,36,38)/t31-/m1/s1. The second-order valence-corrected chi connectivity index (χ2v) is 10.8. The van der Waals surface area contributed by atoms with Crippen LogP contribution in [-0.4, -0.2) is 33.6 Å². The Morgan fingerprint density at radius 1 is 0.950 bits per heavy atom. The van der Waals surface area contributed by atoms with E-state index in [9.17, 15) is 14.4 Å². The number of nitrogens with zero attached hydrogens (tertiary/aromatic N) is 2. The molecule has 7 nitrogen and oxygen atoms in total. The summed E-state index contributed by atoms with van der Waals surface area (Å²) in [6.45, 7) is 2.17. The lowest BCUT2D eigenvalue weighted by Gasteiger charge is -2.34. The van der Waals surface area contributed by atoms with Crippen LogP contribution in [0.25, 0.3) is 0 Å². The number of rotatable bonds is 11. The minimum Gasteiger partial charge on any atom is -0.351 e. The first-order chi connectivity index (χ1) is 19.4. The van der Waals surface area contributed by atoms with Crippen molar-refractivity contribution in [2.45, 2.75) is 76.9 Å². The number of carbonyl (C=O) groups is 3. The molecule has 0 spiro atoms. The van der Waals surface area contributed by atoms with Crippen molar-refractivity contribution in [2.75, 3.05) is 5.32 Å². The van der Waals surface area contributed by atoms with Gasteiger partial charge < -0.3 is 15.5 Å². The fourth-order valence-corrected chi connectivity index (χ4v) is 5.26. The van der Waals surface area contributed by atoms with Gasteiger partial charge in [-0.25, -0.2) is 4.98 Å². The van der Waals surface area contributed by atoms with Crippen LogP contribution in [0.5, 0.6) is 0 Å². The Morgan fingerprint density at radius 3 is 2.38 bits per heavy atom. The molecule has 0 radical (unpaired) electrons. The molecular formula is C32H37ClN4O3. The largest absolute Gasteiger partial charge is 0.351 e. The van der Waals surface area contributed by atoms with E-state index in [0.29, 0.717) is 17.3 Å². The van der Waals surface area contributed by atoms with Crippen LogP contribution in [-0.2, 0) is 20.9 Å². The molecule has 40 heavy (non-hydrogen) atoms. The zero-order chi connectivity index (χ0) is 28.3. The first-order valence-corrected chi connectivity index (χ1v) is 14.4. The van der Waals surface area contributed by atoms with Gasteiger partial charge in [-0.05, 0) is 55.5 Å². The van der Waals surface area contributed by atoms with Crippen LogP contribution >= 0.6 is 11.6 Å². The normalized spacial score (nSPS) is 14.2. The monoisotopic (exact) mass is 560 g/mol. The summed E-state index contributed by atoms with van der Waals surface area (Å²) in [6.07, 6.45) is 7.44. The highest BCUT2D eigenvalue weighted by atomic mass is 35.5. The topological polar surface area (TPSA) is 91.4 Å². The number of nitrogens with one attached hydrogen (secondary N) is 2. The van der Waals surface area contributed by atoms with E-state index >= 15 is 0 Å². The predicted molar refractivity (Wildman–Crippen MR) is 158 cm³/mol. The molecular weight excluding hydrogens is 524 g/mol. The molecule has 0 unspecified atom stereocenters. The van der Waals surface area contributed by atoms with Gasteiger partial charge in [0.15, 0.2) is 0 Å². The lowest BCUT2D eigenvalue weighted by atomic mass is 9.94. The van der Waals surface area contributed by atoms with Gasteiger partial charge in [0.05, 0.1) is 0 Å². The number of benzene rings is 2. The quantitative estimate of drug-likeness (QED) is 0.285. The van der Waals surface area contributed by atoms with Gasteiger partial charge in [-0.15, -0.1) is 0 Å². The van der Waals surface area contributed by atoms with E-state index in [1.54, 1.807) is 35.4 Å². The number of anilines is 1. The molecule has 3 amide bonds. The molecule has 8 heteroatoms. The van der Waals surface area contributed by atoms with E-state index in [4.69, 9.17) is 11.6 Å². The Kier molecular flexibility index (Phi) is 10.7. The third-order valence-corrected chi connectivity index (χ3v) is 7.62. The lowest BCUT2D eigenvalue weighted by Crippen LogP contribution is -2.46. The maximum Gasteiger partial charge on any atom is 0.247 e. The van der Waals surface area contributed by atoms with Crippen molar-refractivity contribution in [3.8, 4) is 0 Å². The number of aromatic nitrogens is 1. The van der Waals surface area contributed by atoms with Crippen molar-refractivity contribution in [1.29, 1.82) is 0 Å². The number of aryl methyl sites for hydroxylation is 1. The van der Waals surface area contributed by atoms with Crippen molar-refractivity contribution in [3.05, 3.63) is 94.6 Å². The summed E-state index contributed by atoms with van der Waals surface area (Å²) in [5.41, 5.74) is 2.57. The van der Waals surface area contributed by atoms with Crippen molar-refractivity contribution >= 4 is 35.1 Å². The number of pyridine rings is 1. The van der Waals surface area contributed by atoms with Gasteiger partial charge in [0, 0.05) is 36.6 Å². The molecule has 1 saturated carbocycles. The average Bonchev–Trinajstić information content (AvgIpc) is 2.95. The van der Waals surface area contributed by atoms with Gasteiger partial charge in [0.1, 0.15) is 11.9 Å². The Balaban J connectivity index is 1.55. The van der Waals surface area contributed by atoms with Crippen LogP contribution < -0.4 is 10.6 Å². The molecule has 210 valence electrons. The first-order valence-electron chi connectivity index (χ1n) is 14.0. The van der Waals surface area contributed by atoms with Gasteiger partial charge in [0.25, 0.3) is 0 Å². The van der Waals surface area contributed by atoms with E-state index < -0.39 is 6.04 Å². The van der Waals surface area contributed by atoms with E-state index in [2.05, 4.69) is 15.6 Å².